The largest absolute Gasteiger partial charge is 0.480 e. The Hall–Kier alpha value is -0.825. The van der Waals surface area contributed by atoms with Crippen LogP contribution in [-0.4, -0.2) is 27.9 Å². The third-order valence-electron chi connectivity index (χ3n) is 3.59. The lowest BCUT2D eigenvalue weighted by Gasteiger charge is -2.49. The highest BCUT2D eigenvalue weighted by Crippen LogP contribution is 2.52. The van der Waals surface area contributed by atoms with Gasteiger partial charge in [0.1, 0.15) is 5.60 Å². The number of nitrogens with zero attached hydrogens (tertiary/aromatic N) is 1. The van der Waals surface area contributed by atoms with E-state index in [1.54, 1.807) is 0 Å². The summed E-state index contributed by atoms with van der Waals surface area (Å²) < 4.78 is 0. The Morgan fingerprint density at radius 3 is 2.25 bits per heavy atom. The predicted octanol–water partition coefficient (Wildman–Crippen LogP) is 0.636. The van der Waals surface area contributed by atoms with Gasteiger partial charge in [0.05, 0.1) is 11.5 Å². The van der Waals surface area contributed by atoms with E-state index in [1.165, 1.54) is 6.08 Å². The molecule has 0 aromatic carbocycles. The third-order valence-corrected chi connectivity index (χ3v) is 3.59. The van der Waals surface area contributed by atoms with E-state index >= 15 is 0 Å². The van der Waals surface area contributed by atoms with Crippen molar-refractivity contribution in [2.45, 2.75) is 38.7 Å². The summed E-state index contributed by atoms with van der Waals surface area (Å²) in [6.07, 6.45) is 3.61. The van der Waals surface area contributed by atoms with E-state index < -0.39 is 18.1 Å². The van der Waals surface area contributed by atoms with Gasteiger partial charge in [0, 0.05) is 0 Å². The maximum atomic E-state index is 10.6. The van der Waals surface area contributed by atoms with Gasteiger partial charge >= 0.3 is 7.12 Å². The third kappa shape index (κ3) is 2.01. The lowest BCUT2D eigenvalue weighted by molar-refractivity contribution is -0.0875. The zero-order valence-corrected chi connectivity index (χ0v) is 9.72. The predicted molar refractivity (Wildman–Crippen MR) is 61.0 cm³/mol. The molecule has 1 rings (SSSR count). The number of rotatable bonds is 4. The fourth-order valence-corrected chi connectivity index (χ4v) is 2.27. The van der Waals surface area contributed by atoms with Gasteiger partial charge in [0.15, 0.2) is 0 Å². The molecule has 5 heteroatoms. The Morgan fingerprint density at radius 1 is 1.44 bits per heavy atom. The molecule has 0 aliphatic heterocycles. The molecule has 0 aromatic rings. The monoisotopic (exact) mass is 223 g/mol. The minimum atomic E-state index is -1.60. The first-order valence-corrected chi connectivity index (χ1v) is 5.57. The normalized spacial score (nSPS) is 22.6. The SMILES string of the molecule is CC(C)[C@@](O)(/C=C/B(O)O)C1(C#N)CCC1. The maximum absolute atomic E-state index is 10.6. The van der Waals surface area contributed by atoms with Crippen molar-refractivity contribution in [1.29, 1.82) is 5.26 Å². The van der Waals surface area contributed by atoms with Gasteiger partial charge in [-0.2, -0.15) is 5.26 Å². The van der Waals surface area contributed by atoms with E-state index in [1.807, 2.05) is 13.8 Å². The highest BCUT2D eigenvalue weighted by molar-refractivity contribution is 6.47. The molecule has 0 spiro atoms. The Kier molecular flexibility index (Phi) is 3.79. The molecule has 4 nitrogen and oxygen atoms in total. The Balaban J connectivity index is 3.02. The smallest absolute Gasteiger partial charge is 0.424 e. The van der Waals surface area contributed by atoms with Gasteiger partial charge in [0.2, 0.25) is 0 Å². The first-order valence-electron chi connectivity index (χ1n) is 5.57. The molecule has 16 heavy (non-hydrogen) atoms. The minimum absolute atomic E-state index is 0.151. The molecule has 1 saturated carbocycles. The molecule has 0 bridgehead atoms. The molecule has 1 fully saturated rings. The Bertz CT molecular complexity index is 318. The van der Waals surface area contributed by atoms with Crippen LogP contribution in [0.1, 0.15) is 33.1 Å². The van der Waals surface area contributed by atoms with E-state index in [-0.39, 0.29) is 5.92 Å². The van der Waals surface area contributed by atoms with E-state index in [4.69, 9.17) is 10.0 Å². The summed E-state index contributed by atoms with van der Waals surface area (Å²) in [6.45, 7) is 3.65. The lowest BCUT2D eigenvalue weighted by atomic mass is 9.56. The van der Waals surface area contributed by atoms with Crippen molar-refractivity contribution in [3.8, 4) is 6.07 Å². The molecule has 88 valence electrons. The maximum Gasteiger partial charge on any atom is 0.480 e. The van der Waals surface area contributed by atoms with Gasteiger partial charge in [-0.1, -0.05) is 32.3 Å². The Morgan fingerprint density at radius 2 is 2.00 bits per heavy atom. The summed E-state index contributed by atoms with van der Waals surface area (Å²) in [5.41, 5.74) is -2.06. The van der Waals surface area contributed by atoms with Crippen LogP contribution in [-0.2, 0) is 0 Å². The molecule has 1 aliphatic rings. The first-order chi connectivity index (χ1) is 7.38. The van der Waals surface area contributed by atoms with Crippen LogP contribution in [0.15, 0.2) is 12.1 Å². The average molecular weight is 223 g/mol. The molecule has 0 radical (unpaired) electrons. The summed E-state index contributed by atoms with van der Waals surface area (Å²) in [7, 11) is -1.60. The average Bonchev–Trinajstić information content (AvgIpc) is 2.13. The fourth-order valence-electron chi connectivity index (χ4n) is 2.27. The summed E-state index contributed by atoms with van der Waals surface area (Å²) in [5, 5.41) is 37.4. The number of hydrogen-bond acceptors (Lipinski definition) is 4. The lowest BCUT2D eigenvalue weighted by Crippen LogP contribution is -2.54. The van der Waals surface area contributed by atoms with Crippen molar-refractivity contribution in [2.75, 3.05) is 0 Å². The minimum Gasteiger partial charge on any atom is -0.424 e. The van der Waals surface area contributed by atoms with Crippen LogP contribution in [0.25, 0.3) is 0 Å². The summed E-state index contributed by atoms with van der Waals surface area (Å²) in [4.78, 5) is 0. The molecular formula is C11H18BNO3. The van der Waals surface area contributed by atoms with Gasteiger partial charge in [-0.15, -0.1) is 0 Å². The van der Waals surface area contributed by atoms with Gasteiger partial charge in [-0.25, -0.2) is 0 Å². The van der Waals surface area contributed by atoms with E-state index in [2.05, 4.69) is 6.07 Å². The summed E-state index contributed by atoms with van der Waals surface area (Å²) >= 11 is 0. The quantitative estimate of drug-likeness (QED) is 0.610. The zero-order valence-electron chi connectivity index (χ0n) is 9.72. The van der Waals surface area contributed by atoms with Gasteiger partial charge in [-0.3, -0.25) is 0 Å². The molecule has 0 unspecified atom stereocenters. The van der Waals surface area contributed by atoms with Crippen LogP contribution in [0.3, 0.4) is 0 Å². The molecule has 0 amide bonds. The van der Waals surface area contributed by atoms with Crippen molar-refractivity contribution in [1.82, 2.24) is 0 Å². The van der Waals surface area contributed by atoms with Crippen LogP contribution in [0.4, 0.5) is 0 Å². The second-order valence-corrected chi connectivity index (χ2v) is 4.80. The van der Waals surface area contributed by atoms with Gasteiger partial charge < -0.3 is 15.2 Å². The number of nitriles is 1. The van der Waals surface area contributed by atoms with Crippen LogP contribution in [0.2, 0.25) is 0 Å². The van der Waals surface area contributed by atoms with Crippen LogP contribution < -0.4 is 0 Å². The van der Waals surface area contributed by atoms with E-state index in [0.717, 1.165) is 12.4 Å². The second-order valence-electron chi connectivity index (χ2n) is 4.80. The van der Waals surface area contributed by atoms with Crippen molar-refractivity contribution < 1.29 is 15.2 Å². The van der Waals surface area contributed by atoms with Gasteiger partial charge in [-0.05, 0) is 18.8 Å². The molecular weight excluding hydrogens is 205 g/mol. The fraction of sp³-hybridized carbons (Fsp3) is 0.727. The first kappa shape index (κ1) is 13.2. The van der Waals surface area contributed by atoms with Crippen LogP contribution >= 0.6 is 0 Å². The molecule has 3 N–H and O–H groups in total. The van der Waals surface area contributed by atoms with Gasteiger partial charge in [0.25, 0.3) is 0 Å². The number of aliphatic hydroxyl groups is 1. The van der Waals surface area contributed by atoms with Crippen molar-refractivity contribution >= 4 is 7.12 Å². The Labute approximate surface area is 96.4 Å². The standard InChI is InChI=1S/C11H18BNO3/c1-9(2)11(14,6-7-12(15)16)10(8-13)4-3-5-10/h6-7,9,14-16H,3-5H2,1-2H3/b7-6+/t11-/m0/s1. The molecule has 0 aromatic heterocycles. The van der Waals surface area contributed by atoms with Crippen molar-refractivity contribution in [2.24, 2.45) is 11.3 Å². The highest BCUT2D eigenvalue weighted by Gasteiger charge is 2.54. The van der Waals surface area contributed by atoms with Crippen molar-refractivity contribution in [3.63, 3.8) is 0 Å². The molecule has 1 aliphatic carbocycles. The zero-order chi connectivity index (χ0) is 12.4. The summed E-state index contributed by atoms with van der Waals surface area (Å²) in [5.74, 6) is 0.972. The van der Waals surface area contributed by atoms with Crippen LogP contribution in [0, 0.1) is 22.7 Å². The molecule has 0 saturated heterocycles. The van der Waals surface area contributed by atoms with Crippen molar-refractivity contribution in [3.05, 3.63) is 12.1 Å². The summed E-state index contributed by atoms with van der Waals surface area (Å²) in [6, 6.07) is 2.20. The van der Waals surface area contributed by atoms with E-state index in [9.17, 15) is 10.4 Å². The molecule has 0 heterocycles. The van der Waals surface area contributed by atoms with Crippen LogP contribution in [0.5, 0.6) is 0 Å². The topological polar surface area (TPSA) is 84.5 Å². The number of hydrogen-bond donors (Lipinski definition) is 3. The van der Waals surface area contributed by atoms with E-state index in [0.29, 0.717) is 12.8 Å². The molecule has 1 atom stereocenters. The second kappa shape index (κ2) is 4.58. The highest BCUT2D eigenvalue weighted by atomic mass is 16.4.